The van der Waals surface area contributed by atoms with Gasteiger partial charge in [-0.05, 0) is 46.3 Å². The Morgan fingerprint density at radius 2 is 2.00 bits per heavy atom. The Bertz CT molecular complexity index is 530. The summed E-state index contributed by atoms with van der Waals surface area (Å²) in [6.07, 6.45) is 0. The highest BCUT2D eigenvalue weighted by Crippen LogP contribution is 2.27. The van der Waals surface area contributed by atoms with Gasteiger partial charge in [-0.25, -0.2) is 14.2 Å². The van der Waals surface area contributed by atoms with E-state index in [0.717, 1.165) is 18.2 Å². The maximum absolute atomic E-state index is 13.6. The van der Waals surface area contributed by atoms with Crippen molar-refractivity contribution >= 4 is 15.9 Å². The normalized spacial score (nSPS) is 12.7. The van der Waals surface area contributed by atoms with Crippen LogP contribution in [0.2, 0.25) is 0 Å². The highest BCUT2D eigenvalue weighted by molar-refractivity contribution is 9.10. The minimum atomic E-state index is -0.739. The van der Waals surface area contributed by atoms with Crippen molar-refractivity contribution in [3.8, 4) is 0 Å². The van der Waals surface area contributed by atoms with E-state index in [1.54, 1.807) is 12.1 Å². The summed E-state index contributed by atoms with van der Waals surface area (Å²) < 4.78 is 32.4. The van der Waals surface area contributed by atoms with Gasteiger partial charge in [-0.15, -0.1) is 0 Å². The molecule has 0 aliphatic rings. The van der Waals surface area contributed by atoms with Gasteiger partial charge in [0.2, 0.25) is 0 Å². The zero-order valence-corrected chi connectivity index (χ0v) is 10.2. The van der Waals surface area contributed by atoms with Gasteiger partial charge in [0.1, 0.15) is 23.4 Å². The van der Waals surface area contributed by atoms with Gasteiger partial charge in [0.25, 0.3) is 0 Å². The van der Waals surface area contributed by atoms with E-state index in [2.05, 4.69) is 21.4 Å². The van der Waals surface area contributed by atoms with Gasteiger partial charge in [-0.3, -0.25) is 5.84 Å². The Kier molecular flexibility index (Phi) is 3.56. The summed E-state index contributed by atoms with van der Waals surface area (Å²) in [5.41, 5.74) is 2.49. The summed E-state index contributed by atoms with van der Waals surface area (Å²) in [5.74, 6) is 4.65. The molecule has 3 N–H and O–H groups in total. The number of hydrazine groups is 1. The van der Waals surface area contributed by atoms with Gasteiger partial charge >= 0.3 is 0 Å². The average Bonchev–Trinajstić information content (AvgIpc) is 2.71. The Balaban J connectivity index is 2.45. The molecule has 90 valence electrons. The van der Waals surface area contributed by atoms with Crippen LogP contribution in [0.4, 0.5) is 8.78 Å². The van der Waals surface area contributed by atoms with Crippen LogP contribution >= 0.6 is 15.9 Å². The number of halogens is 3. The number of furan rings is 1. The molecular formula is C11H9BrF2N2O. The second-order valence-electron chi connectivity index (χ2n) is 3.41. The number of nitrogens with one attached hydrogen (secondary N) is 1. The summed E-state index contributed by atoms with van der Waals surface area (Å²) in [7, 11) is 0. The molecule has 6 heteroatoms. The molecule has 0 fully saturated rings. The highest BCUT2D eigenvalue weighted by atomic mass is 79.9. The molecule has 3 nitrogen and oxygen atoms in total. The molecule has 2 aromatic rings. The number of hydrogen-bond donors (Lipinski definition) is 2. The monoisotopic (exact) mass is 302 g/mol. The van der Waals surface area contributed by atoms with E-state index < -0.39 is 17.7 Å². The minimum absolute atomic E-state index is 0.0920. The van der Waals surface area contributed by atoms with Crippen molar-refractivity contribution in [3.63, 3.8) is 0 Å². The molecule has 0 radical (unpaired) electrons. The molecule has 0 amide bonds. The summed E-state index contributed by atoms with van der Waals surface area (Å²) in [5, 5.41) is 0. The topological polar surface area (TPSA) is 51.2 Å². The molecule has 0 saturated carbocycles. The number of nitrogens with two attached hydrogens (primary N) is 1. The first-order valence-corrected chi connectivity index (χ1v) is 5.57. The van der Waals surface area contributed by atoms with Gasteiger partial charge in [-0.2, -0.15) is 0 Å². The fraction of sp³-hybridized carbons (Fsp3) is 0.0909. The zero-order chi connectivity index (χ0) is 12.4. The predicted molar refractivity (Wildman–Crippen MR) is 61.9 cm³/mol. The Morgan fingerprint density at radius 3 is 2.59 bits per heavy atom. The third-order valence-corrected chi connectivity index (χ3v) is 2.74. The molecule has 1 atom stereocenters. The quantitative estimate of drug-likeness (QED) is 0.677. The van der Waals surface area contributed by atoms with Crippen LogP contribution in [0.5, 0.6) is 0 Å². The van der Waals surface area contributed by atoms with Gasteiger partial charge in [0, 0.05) is 5.56 Å². The lowest BCUT2D eigenvalue weighted by molar-refractivity contribution is 0.427. The van der Waals surface area contributed by atoms with Crippen molar-refractivity contribution in [1.82, 2.24) is 5.43 Å². The standard InChI is InChI=1S/C11H9BrF2N2O/c12-10-4-3-9(17-10)11(16-15)7-5-6(13)1-2-8(7)14/h1-5,11,16H,15H2. The lowest BCUT2D eigenvalue weighted by atomic mass is 10.0. The predicted octanol–water partition coefficient (Wildman–Crippen LogP) is 2.87. The van der Waals surface area contributed by atoms with Crippen LogP contribution in [-0.2, 0) is 0 Å². The van der Waals surface area contributed by atoms with Gasteiger partial charge in [-0.1, -0.05) is 0 Å². The second-order valence-corrected chi connectivity index (χ2v) is 4.19. The van der Waals surface area contributed by atoms with Gasteiger partial charge in [0.15, 0.2) is 4.67 Å². The summed E-state index contributed by atoms with van der Waals surface area (Å²) in [6, 6.07) is 5.71. The second kappa shape index (κ2) is 4.95. The molecule has 17 heavy (non-hydrogen) atoms. The van der Waals surface area contributed by atoms with Crippen molar-refractivity contribution < 1.29 is 13.2 Å². The highest BCUT2D eigenvalue weighted by Gasteiger charge is 2.20. The SMILES string of the molecule is NNC(c1ccc(Br)o1)c1cc(F)ccc1F. The van der Waals surface area contributed by atoms with Crippen molar-refractivity contribution in [2.24, 2.45) is 5.84 Å². The molecular weight excluding hydrogens is 294 g/mol. The number of hydrogen-bond acceptors (Lipinski definition) is 3. The molecule has 0 spiro atoms. The fourth-order valence-corrected chi connectivity index (χ4v) is 1.86. The van der Waals surface area contributed by atoms with Crippen molar-refractivity contribution in [3.05, 3.63) is 58.0 Å². The lowest BCUT2D eigenvalue weighted by Gasteiger charge is -2.14. The Labute approximate surface area is 105 Å². The molecule has 2 rings (SSSR count). The molecule has 1 unspecified atom stereocenters. The number of rotatable bonds is 3. The smallest absolute Gasteiger partial charge is 0.169 e. The first-order chi connectivity index (χ1) is 8.11. The summed E-state index contributed by atoms with van der Waals surface area (Å²) in [4.78, 5) is 0. The van der Waals surface area contributed by atoms with Crippen molar-refractivity contribution in [2.75, 3.05) is 0 Å². The third-order valence-electron chi connectivity index (χ3n) is 2.31. The lowest BCUT2D eigenvalue weighted by Crippen LogP contribution is -2.29. The van der Waals surface area contributed by atoms with E-state index in [1.165, 1.54) is 0 Å². The van der Waals surface area contributed by atoms with Crippen LogP contribution in [0, 0.1) is 11.6 Å². The summed E-state index contributed by atoms with van der Waals surface area (Å²) >= 11 is 3.13. The van der Waals surface area contributed by atoms with Crippen LogP contribution < -0.4 is 11.3 Å². The number of benzene rings is 1. The zero-order valence-electron chi connectivity index (χ0n) is 8.58. The molecule has 1 aromatic carbocycles. The molecule has 1 aromatic heterocycles. The Morgan fingerprint density at radius 1 is 1.24 bits per heavy atom. The van der Waals surface area contributed by atoms with Gasteiger partial charge in [0.05, 0.1) is 0 Å². The minimum Gasteiger partial charge on any atom is -0.452 e. The average molecular weight is 303 g/mol. The van der Waals surface area contributed by atoms with E-state index in [0.29, 0.717) is 10.4 Å². The summed E-state index contributed by atoms with van der Waals surface area (Å²) in [6.45, 7) is 0. The van der Waals surface area contributed by atoms with E-state index >= 15 is 0 Å². The molecule has 1 heterocycles. The fourth-order valence-electron chi connectivity index (χ4n) is 1.54. The van der Waals surface area contributed by atoms with Crippen LogP contribution in [-0.4, -0.2) is 0 Å². The van der Waals surface area contributed by atoms with Crippen molar-refractivity contribution in [1.29, 1.82) is 0 Å². The third kappa shape index (κ3) is 2.54. The largest absolute Gasteiger partial charge is 0.452 e. The van der Waals surface area contributed by atoms with Gasteiger partial charge < -0.3 is 4.42 Å². The molecule has 0 saturated heterocycles. The van der Waals surface area contributed by atoms with Crippen molar-refractivity contribution in [2.45, 2.75) is 6.04 Å². The molecule has 0 aliphatic heterocycles. The van der Waals surface area contributed by atoms with E-state index in [4.69, 9.17) is 10.3 Å². The maximum Gasteiger partial charge on any atom is 0.169 e. The Hall–Kier alpha value is -1.24. The first-order valence-electron chi connectivity index (χ1n) is 4.78. The van der Waals surface area contributed by atoms with Crippen LogP contribution in [0.1, 0.15) is 17.4 Å². The molecule has 0 bridgehead atoms. The van der Waals surface area contributed by atoms with E-state index in [1.807, 2.05) is 0 Å². The first kappa shape index (κ1) is 12.2. The maximum atomic E-state index is 13.6. The van der Waals surface area contributed by atoms with E-state index in [9.17, 15) is 8.78 Å². The molecule has 0 aliphatic carbocycles. The van der Waals surface area contributed by atoms with Crippen LogP contribution in [0.25, 0.3) is 0 Å². The van der Waals surface area contributed by atoms with E-state index in [-0.39, 0.29) is 5.56 Å². The van der Waals surface area contributed by atoms with Crippen LogP contribution in [0.15, 0.2) is 39.4 Å². The van der Waals surface area contributed by atoms with Crippen LogP contribution in [0.3, 0.4) is 0 Å².